The normalized spacial score (nSPS) is 11.3. The number of aryl methyl sites for hydroxylation is 1. The number of unbranched alkanes of at least 4 members (excludes halogenated alkanes) is 7. The Morgan fingerprint density at radius 2 is 1.13 bits per heavy atom. The maximum atomic E-state index is 2.73. The SMILES string of the molecule is CCCCCCCN(CCCCC)CCCCc1ccccc1. The molecule has 0 aliphatic carbocycles. The van der Waals surface area contributed by atoms with Crippen LogP contribution in [0, 0.1) is 0 Å². The number of nitrogens with zero attached hydrogens (tertiary/aromatic N) is 1. The van der Waals surface area contributed by atoms with Crippen molar-refractivity contribution in [1.29, 1.82) is 0 Å². The second-order valence-corrected chi connectivity index (χ2v) is 6.91. The Balaban J connectivity index is 2.16. The van der Waals surface area contributed by atoms with Gasteiger partial charge < -0.3 is 4.90 Å². The Morgan fingerprint density at radius 3 is 1.78 bits per heavy atom. The van der Waals surface area contributed by atoms with Crippen LogP contribution in [0.25, 0.3) is 0 Å². The molecule has 0 aromatic heterocycles. The van der Waals surface area contributed by atoms with Gasteiger partial charge in [-0.05, 0) is 57.3 Å². The molecule has 23 heavy (non-hydrogen) atoms. The quantitative estimate of drug-likeness (QED) is 0.335. The molecule has 0 aliphatic heterocycles. The Kier molecular flexibility index (Phi) is 13.0. The summed E-state index contributed by atoms with van der Waals surface area (Å²) in [5, 5.41) is 0. The summed E-state index contributed by atoms with van der Waals surface area (Å²) >= 11 is 0. The Bertz CT molecular complexity index is 346. The average Bonchev–Trinajstić information content (AvgIpc) is 2.59. The molecular weight excluding hydrogens is 278 g/mol. The van der Waals surface area contributed by atoms with Gasteiger partial charge in [0.05, 0.1) is 0 Å². The molecule has 132 valence electrons. The molecule has 1 rings (SSSR count). The zero-order valence-corrected chi connectivity index (χ0v) is 15.7. The van der Waals surface area contributed by atoms with Gasteiger partial charge in [-0.2, -0.15) is 0 Å². The number of benzene rings is 1. The first-order valence-corrected chi connectivity index (χ1v) is 10.1. The lowest BCUT2D eigenvalue weighted by Gasteiger charge is -2.22. The fourth-order valence-corrected chi connectivity index (χ4v) is 3.17. The maximum Gasteiger partial charge on any atom is -0.00186 e. The summed E-state index contributed by atoms with van der Waals surface area (Å²) in [6.07, 6.45) is 15.0. The molecule has 0 unspecified atom stereocenters. The Hall–Kier alpha value is -0.820. The van der Waals surface area contributed by atoms with Gasteiger partial charge in [0.25, 0.3) is 0 Å². The molecule has 0 atom stereocenters. The third kappa shape index (κ3) is 11.4. The largest absolute Gasteiger partial charge is 0.303 e. The van der Waals surface area contributed by atoms with Crippen LogP contribution in [-0.2, 0) is 6.42 Å². The van der Waals surface area contributed by atoms with Crippen molar-refractivity contribution in [3.8, 4) is 0 Å². The van der Waals surface area contributed by atoms with E-state index in [1.54, 1.807) is 0 Å². The van der Waals surface area contributed by atoms with Crippen LogP contribution in [0.1, 0.15) is 83.6 Å². The van der Waals surface area contributed by atoms with Crippen LogP contribution >= 0.6 is 0 Å². The lowest BCUT2D eigenvalue weighted by molar-refractivity contribution is 0.256. The van der Waals surface area contributed by atoms with Crippen LogP contribution in [0.4, 0.5) is 0 Å². The van der Waals surface area contributed by atoms with Crippen molar-refractivity contribution >= 4 is 0 Å². The highest BCUT2D eigenvalue weighted by molar-refractivity contribution is 5.14. The fourth-order valence-electron chi connectivity index (χ4n) is 3.17. The first kappa shape index (κ1) is 20.2. The van der Waals surface area contributed by atoms with Gasteiger partial charge in [-0.1, -0.05) is 82.7 Å². The highest BCUT2D eigenvalue weighted by Crippen LogP contribution is 2.09. The fraction of sp³-hybridized carbons (Fsp3) is 0.727. The zero-order chi connectivity index (χ0) is 16.6. The first-order chi connectivity index (χ1) is 11.4. The van der Waals surface area contributed by atoms with Crippen molar-refractivity contribution in [2.45, 2.75) is 84.5 Å². The highest BCUT2D eigenvalue weighted by atomic mass is 15.1. The summed E-state index contributed by atoms with van der Waals surface area (Å²) in [6, 6.07) is 10.9. The summed E-state index contributed by atoms with van der Waals surface area (Å²) in [5.74, 6) is 0. The summed E-state index contributed by atoms with van der Waals surface area (Å²) in [7, 11) is 0. The van der Waals surface area contributed by atoms with Gasteiger partial charge in [-0.15, -0.1) is 0 Å². The molecule has 0 N–H and O–H groups in total. The minimum absolute atomic E-state index is 1.24. The molecule has 1 aromatic carbocycles. The van der Waals surface area contributed by atoms with E-state index < -0.39 is 0 Å². The third-order valence-electron chi connectivity index (χ3n) is 4.69. The molecule has 0 bridgehead atoms. The van der Waals surface area contributed by atoms with Gasteiger partial charge >= 0.3 is 0 Å². The number of hydrogen-bond donors (Lipinski definition) is 0. The van der Waals surface area contributed by atoms with Crippen LogP contribution in [0.5, 0.6) is 0 Å². The van der Waals surface area contributed by atoms with Crippen molar-refractivity contribution in [1.82, 2.24) is 4.90 Å². The van der Waals surface area contributed by atoms with E-state index in [1.165, 1.54) is 95.8 Å². The van der Waals surface area contributed by atoms with Crippen molar-refractivity contribution in [3.63, 3.8) is 0 Å². The van der Waals surface area contributed by atoms with E-state index in [4.69, 9.17) is 0 Å². The van der Waals surface area contributed by atoms with Gasteiger partial charge in [-0.3, -0.25) is 0 Å². The Morgan fingerprint density at radius 1 is 0.609 bits per heavy atom. The second kappa shape index (κ2) is 14.8. The molecule has 0 saturated carbocycles. The van der Waals surface area contributed by atoms with Crippen LogP contribution in [0.3, 0.4) is 0 Å². The van der Waals surface area contributed by atoms with E-state index in [-0.39, 0.29) is 0 Å². The second-order valence-electron chi connectivity index (χ2n) is 6.91. The van der Waals surface area contributed by atoms with Gasteiger partial charge in [0, 0.05) is 0 Å². The topological polar surface area (TPSA) is 3.24 Å². The van der Waals surface area contributed by atoms with Gasteiger partial charge in [0.2, 0.25) is 0 Å². The molecule has 0 spiro atoms. The standard InChI is InChI=1S/C22H39N/c1-3-5-7-8-14-20-23(19-13-6-4-2)21-15-12-18-22-16-10-9-11-17-22/h9-11,16-17H,3-8,12-15,18-21H2,1-2H3. The summed E-state index contributed by atoms with van der Waals surface area (Å²) in [6.45, 7) is 8.52. The van der Waals surface area contributed by atoms with Gasteiger partial charge in [0.1, 0.15) is 0 Å². The molecule has 0 saturated heterocycles. The first-order valence-electron chi connectivity index (χ1n) is 10.1. The molecule has 0 fully saturated rings. The lowest BCUT2D eigenvalue weighted by Crippen LogP contribution is -2.27. The molecule has 0 aliphatic rings. The third-order valence-corrected chi connectivity index (χ3v) is 4.69. The molecule has 0 amide bonds. The molecule has 1 heteroatoms. The summed E-state index contributed by atoms with van der Waals surface area (Å²) in [4.78, 5) is 2.73. The van der Waals surface area contributed by atoms with E-state index in [2.05, 4.69) is 49.1 Å². The van der Waals surface area contributed by atoms with E-state index in [9.17, 15) is 0 Å². The van der Waals surface area contributed by atoms with E-state index in [0.717, 1.165) is 0 Å². The van der Waals surface area contributed by atoms with Gasteiger partial charge in [0.15, 0.2) is 0 Å². The summed E-state index contributed by atoms with van der Waals surface area (Å²) in [5.41, 5.74) is 1.49. The molecule has 0 heterocycles. The van der Waals surface area contributed by atoms with Crippen molar-refractivity contribution in [3.05, 3.63) is 35.9 Å². The molecular formula is C22H39N. The Labute approximate surface area is 145 Å². The molecule has 1 nitrogen and oxygen atoms in total. The van der Waals surface area contributed by atoms with E-state index >= 15 is 0 Å². The highest BCUT2D eigenvalue weighted by Gasteiger charge is 2.04. The smallest absolute Gasteiger partial charge is 0.00186 e. The minimum Gasteiger partial charge on any atom is -0.303 e. The van der Waals surface area contributed by atoms with Crippen LogP contribution < -0.4 is 0 Å². The van der Waals surface area contributed by atoms with Crippen LogP contribution in [0.2, 0.25) is 0 Å². The summed E-state index contributed by atoms with van der Waals surface area (Å²) < 4.78 is 0. The zero-order valence-electron chi connectivity index (χ0n) is 15.7. The van der Waals surface area contributed by atoms with E-state index in [1.807, 2.05) is 0 Å². The van der Waals surface area contributed by atoms with Crippen molar-refractivity contribution < 1.29 is 0 Å². The van der Waals surface area contributed by atoms with Crippen LogP contribution in [-0.4, -0.2) is 24.5 Å². The minimum atomic E-state index is 1.24. The molecule has 0 radical (unpaired) electrons. The van der Waals surface area contributed by atoms with Crippen LogP contribution in [0.15, 0.2) is 30.3 Å². The molecule has 1 aromatic rings. The van der Waals surface area contributed by atoms with Crippen molar-refractivity contribution in [2.75, 3.05) is 19.6 Å². The predicted octanol–water partition coefficient (Wildman–Crippen LogP) is 6.47. The van der Waals surface area contributed by atoms with Gasteiger partial charge in [-0.25, -0.2) is 0 Å². The number of rotatable bonds is 15. The monoisotopic (exact) mass is 317 g/mol. The average molecular weight is 318 g/mol. The van der Waals surface area contributed by atoms with E-state index in [0.29, 0.717) is 0 Å². The predicted molar refractivity (Wildman–Crippen MR) is 104 cm³/mol. The number of hydrogen-bond acceptors (Lipinski definition) is 1. The van der Waals surface area contributed by atoms with Crippen molar-refractivity contribution in [2.24, 2.45) is 0 Å². The lowest BCUT2D eigenvalue weighted by atomic mass is 10.1. The maximum absolute atomic E-state index is 2.73.